The number of fused-ring (bicyclic) bond motifs is 1. The van der Waals surface area contributed by atoms with Crippen LogP contribution in [0.1, 0.15) is 45.3 Å². The summed E-state index contributed by atoms with van der Waals surface area (Å²) in [6, 6.07) is 4.44. The van der Waals surface area contributed by atoms with Crippen LogP contribution in [-0.4, -0.2) is 26.3 Å². The molecule has 7 nitrogen and oxygen atoms in total. The number of aromatic hydroxyl groups is 1. The lowest BCUT2D eigenvalue weighted by Gasteiger charge is -2.36. The average Bonchev–Trinajstić information content (AvgIpc) is 2.93. The van der Waals surface area contributed by atoms with Crippen LogP contribution in [0, 0.1) is 5.41 Å². The normalized spacial score (nSPS) is 20.9. The number of aromatic nitrogens is 2. The van der Waals surface area contributed by atoms with E-state index in [1.54, 1.807) is 35.6 Å². The van der Waals surface area contributed by atoms with E-state index in [1.807, 2.05) is 11.6 Å². The third-order valence-electron chi connectivity index (χ3n) is 5.48. The summed E-state index contributed by atoms with van der Waals surface area (Å²) >= 11 is 0. The van der Waals surface area contributed by atoms with Crippen molar-refractivity contribution >= 4 is 23.1 Å². The van der Waals surface area contributed by atoms with Crippen LogP contribution in [0.15, 0.2) is 42.0 Å². The maximum atomic E-state index is 13.3. The van der Waals surface area contributed by atoms with Crippen molar-refractivity contribution in [2.75, 3.05) is 10.2 Å². The number of carbonyl (C=O) groups excluding carboxylic acids is 2. The fourth-order valence-electron chi connectivity index (χ4n) is 4.30. The van der Waals surface area contributed by atoms with Gasteiger partial charge >= 0.3 is 0 Å². The Balaban J connectivity index is 2.05. The number of rotatable bonds is 1. The topological polar surface area (TPSA) is 87.5 Å². The monoisotopic (exact) mass is 380 g/mol. The van der Waals surface area contributed by atoms with Gasteiger partial charge in [0, 0.05) is 31.7 Å². The Kier molecular flexibility index (Phi) is 4.06. The highest BCUT2D eigenvalue weighted by Gasteiger charge is 2.43. The van der Waals surface area contributed by atoms with E-state index in [2.05, 4.69) is 24.1 Å². The van der Waals surface area contributed by atoms with Gasteiger partial charge in [-0.25, -0.2) is 4.98 Å². The van der Waals surface area contributed by atoms with Crippen LogP contribution < -0.4 is 10.2 Å². The standard InChI is InChI=1S/C21H24N4O3/c1-12(26)25-14-6-5-7-16(27)19(14)23-13-8-21(2,3)9-17(28)18(13)20(25)15-10-22-11-24(15)4/h5-7,10-11,20,23,27H,8-9H2,1-4H3. The number of imidazole rings is 1. The number of amides is 1. The molecule has 7 heteroatoms. The molecule has 0 spiro atoms. The molecule has 1 amide bonds. The summed E-state index contributed by atoms with van der Waals surface area (Å²) in [6.07, 6.45) is 4.39. The molecule has 0 saturated heterocycles. The number of hydrogen-bond acceptors (Lipinski definition) is 5. The van der Waals surface area contributed by atoms with Gasteiger partial charge in [0.1, 0.15) is 17.5 Å². The molecule has 0 bridgehead atoms. The Hall–Kier alpha value is -3.09. The molecule has 0 radical (unpaired) electrons. The van der Waals surface area contributed by atoms with Gasteiger partial charge < -0.3 is 15.0 Å². The van der Waals surface area contributed by atoms with Crippen molar-refractivity contribution in [3.05, 3.63) is 47.7 Å². The molecule has 2 aliphatic rings. The van der Waals surface area contributed by atoms with E-state index in [-0.39, 0.29) is 22.9 Å². The molecule has 0 fully saturated rings. The van der Waals surface area contributed by atoms with Crippen molar-refractivity contribution in [1.29, 1.82) is 0 Å². The molecule has 1 unspecified atom stereocenters. The summed E-state index contributed by atoms with van der Waals surface area (Å²) in [4.78, 5) is 31.9. The molecule has 28 heavy (non-hydrogen) atoms. The maximum Gasteiger partial charge on any atom is 0.224 e. The first-order valence-electron chi connectivity index (χ1n) is 9.31. The van der Waals surface area contributed by atoms with Gasteiger partial charge in [0.25, 0.3) is 0 Å². The van der Waals surface area contributed by atoms with Crippen LogP contribution >= 0.6 is 0 Å². The molecule has 0 saturated carbocycles. The molecule has 2 N–H and O–H groups in total. The number of Topliss-reactive ketones (excluding diaryl/α,β-unsaturated/α-hetero) is 1. The van der Waals surface area contributed by atoms with E-state index >= 15 is 0 Å². The zero-order valence-corrected chi connectivity index (χ0v) is 16.5. The van der Waals surface area contributed by atoms with Crippen LogP contribution in [0.3, 0.4) is 0 Å². The minimum Gasteiger partial charge on any atom is -0.506 e. The van der Waals surface area contributed by atoms with Crippen molar-refractivity contribution in [3.63, 3.8) is 0 Å². The maximum absolute atomic E-state index is 13.3. The predicted molar refractivity (Wildman–Crippen MR) is 106 cm³/mol. The van der Waals surface area contributed by atoms with Gasteiger partial charge in [-0.2, -0.15) is 0 Å². The minimum absolute atomic E-state index is 0.00324. The Labute approximate surface area is 163 Å². The Bertz CT molecular complexity index is 1020. The zero-order valence-electron chi connectivity index (χ0n) is 16.5. The Morgan fingerprint density at radius 1 is 1.32 bits per heavy atom. The number of ketones is 1. The molecule has 1 aromatic heterocycles. The number of nitrogens with zero attached hydrogens (tertiary/aromatic N) is 3. The lowest BCUT2D eigenvalue weighted by Crippen LogP contribution is -2.39. The summed E-state index contributed by atoms with van der Waals surface area (Å²) in [5.74, 6) is -0.174. The fraction of sp³-hybridized carbons (Fsp3) is 0.381. The van der Waals surface area contributed by atoms with Crippen LogP contribution in [-0.2, 0) is 16.6 Å². The summed E-state index contributed by atoms with van der Waals surface area (Å²) in [6.45, 7) is 5.57. The van der Waals surface area contributed by atoms with E-state index < -0.39 is 6.04 Å². The lowest BCUT2D eigenvalue weighted by molar-refractivity contribution is -0.118. The summed E-state index contributed by atoms with van der Waals surface area (Å²) in [5.41, 5.74) is 2.83. The molecule has 4 rings (SSSR count). The highest BCUT2D eigenvalue weighted by atomic mass is 16.3. The van der Waals surface area contributed by atoms with Crippen molar-refractivity contribution < 1.29 is 14.7 Å². The largest absolute Gasteiger partial charge is 0.506 e. The van der Waals surface area contributed by atoms with Crippen LogP contribution in [0.4, 0.5) is 11.4 Å². The van der Waals surface area contributed by atoms with Crippen LogP contribution in [0.2, 0.25) is 0 Å². The number of phenols is 1. The van der Waals surface area contributed by atoms with E-state index in [4.69, 9.17) is 0 Å². The molecule has 1 aliphatic heterocycles. The number of aryl methyl sites for hydroxylation is 1. The molecule has 1 atom stereocenters. The quantitative estimate of drug-likeness (QED) is 0.742. The van der Waals surface area contributed by atoms with Crippen LogP contribution in [0.5, 0.6) is 5.75 Å². The second kappa shape index (κ2) is 6.22. The third-order valence-corrected chi connectivity index (χ3v) is 5.48. The summed E-state index contributed by atoms with van der Waals surface area (Å²) < 4.78 is 1.83. The number of anilines is 2. The van der Waals surface area contributed by atoms with Gasteiger partial charge in [-0.1, -0.05) is 19.9 Å². The van der Waals surface area contributed by atoms with Crippen molar-refractivity contribution in [3.8, 4) is 5.75 Å². The number of benzene rings is 1. The number of phenolic OH excluding ortho intramolecular Hbond substituents is 1. The SMILES string of the molecule is CC(=O)N1c2cccc(O)c2NC2=C(C(=O)CC(C)(C)C2)C1c1cncn1C. The molecule has 146 valence electrons. The molecule has 1 aromatic carbocycles. The van der Waals surface area contributed by atoms with Gasteiger partial charge in [0.05, 0.1) is 23.9 Å². The van der Waals surface area contributed by atoms with E-state index in [0.29, 0.717) is 29.8 Å². The first kappa shape index (κ1) is 18.3. The molecular formula is C21H24N4O3. The number of hydrogen-bond donors (Lipinski definition) is 2. The number of carbonyl (C=O) groups is 2. The van der Waals surface area contributed by atoms with Gasteiger partial charge in [0.15, 0.2) is 5.78 Å². The van der Waals surface area contributed by atoms with Gasteiger partial charge in [-0.3, -0.25) is 14.5 Å². The number of para-hydroxylation sites is 1. The highest BCUT2D eigenvalue weighted by Crippen LogP contribution is 2.50. The lowest BCUT2D eigenvalue weighted by atomic mass is 9.74. The third kappa shape index (κ3) is 2.78. The van der Waals surface area contributed by atoms with Gasteiger partial charge in [-0.05, 0) is 24.0 Å². The van der Waals surface area contributed by atoms with E-state index in [9.17, 15) is 14.7 Å². The molecular weight excluding hydrogens is 356 g/mol. The van der Waals surface area contributed by atoms with Gasteiger partial charge in [0.2, 0.25) is 5.91 Å². The smallest absolute Gasteiger partial charge is 0.224 e. The minimum atomic E-state index is -0.612. The van der Waals surface area contributed by atoms with E-state index in [1.165, 1.54) is 6.92 Å². The second-order valence-corrected chi connectivity index (χ2v) is 8.35. The zero-order chi connectivity index (χ0) is 20.2. The van der Waals surface area contributed by atoms with Crippen molar-refractivity contribution in [2.45, 2.75) is 39.7 Å². The molecule has 2 heterocycles. The Morgan fingerprint density at radius 3 is 2.71 bits per heavy atom. The average molecular weight is 380 g/mol. The first-order chi connectivity index (χ1) is 13.2. The highest BCUT2D eigenvalue weighted by molar-refractivity contribution is 6.06. The van der Waals surface area contributed by atoms with Gasteiger partial charge in [-0.15, -0.1) is 0 Å². The first-order valence-corrected chi connectivity index (χ1v) is 9.31. The number of nitrogens with one attached hydrogen (secondary N) is 1. The van der Waals surface area contributed by atoms with E-state index in [0.717, 1.165) is 11.4 Å². The summed E-state index contributed by atoms with van der Waals surface area (Å²) in [7, 11) is 1.85. The summed E-state index contributed by atoms with van der Waals surface area (Å²) in [5, 5.41) is 13.8. The van der Waals surface area contributed by atoms with Crippen molar-refractivity contribution in [1.82, 2.24) is 9.55 Å². The predicted octanol–water partition coefficient (Wildman–Crippen LogP) is 3.29. The fourth-order valence-corrected chi connectivity index (χ4v) is 4.30. The second-order valence-electron chi connectivity index (χ2n) is 8.35. The van der Waals surface area contributed by atoms with Crippen molar-refractivity contribution in [2.24, 2.45) is 12.5 Å². The van der Waals surface area contributed by atoms with Crippen LogP contribution in [0.25, 0.3) is 0 Å². The number of allylic oxidation sites excluding steroid dienone is 1. The molecule has 2 aromatic rings. The Morgan fingerprint density at radius 2 is 2.07 bits per heavy atom. The molecule has 1 aliphatic carbocycles.